The van der Waals surface area contributed by atoms with Crippen LogP contribution in [0.2, 0.25) is 0 Å². The van der Waals surface area contributed by atoms with Crippen LogP contribution in [0.25, 0.3) is 0 Å². The van der Waals surface area contributed by atoms with Crippen molar-refractivity contribution in [1.29, 1.82) is 0 Å². The maximum Gasteiger partial charge on any atom is 0.410 e. The highest BCUT2D eigenvalue weighted by atomic mass is 35.5. The maximum absolute atomic E-state index is 14.4. The third-order valence-electron chi connectivity index (χ3n) is 11.5. The van der Waals surface area contributed by atoms with Gasteiger partial charge in [-0.25, -0.2) is 9.18 Å². The molecule has 1 amide bonds. The smallest absolute Gasteiger partial charge is 0.410 e. The lowest BCUT2D eigenvalue weighted by molar-refractivity contribution is -0.256. The van der Waals surface area contributed by atoms with E-state index in [0.717, 1.165) is 42.6 Å². The summed E-state index contributed by atoms with van der Waals surface area (Å²) < 4.78 is 40.7. The number of nitrogens with zero attached hydrogens (tertiary/aromatic N) is 2. The van der Waals surface area contributed by atoms with Crippen molar-refractivity contribution in [3.8, 4) is 11.5 Å². The van der Waals surface area contributed by atoms with E-state index >= 15 is 0 Å². The summed E-state index contributed by atoms with van der Waals surface area (Å²) in [5.74, 6) is -0.299. The summed E-state index contributed by atoms with van der Waals surface area (Å²) >= 11 is 7.78. The number of allylic oxidation sites excluding steroid dienone is 1. The molecular formula is C47H58ClFN2O8S. The Hall–Kier alpha value is -4.07. The molecule has 1 aliphatic heterocycles. The molecule has 3 aromatic carbocycles. The van der Waals surface area contributed by atoms with Crippen LogP contribution in [0.1, 0.15) is 68.9 Å². The minimum absolute atomic E-state index is 0.0244. The number of halogens is 2. The quantitative estimate of drug-likeness (QED) is 0.0316. The zero-order valence-electron chi connectivity index (χ0n) is 34.4. The Morgan fingerprint density at radius 3 is 2.53 bits per heavy atom. The van der Waals surface area contributed by atoms with Crippen molar-refractivity contribution in [2.75, 3.05) is 51.3 Å². The van der Waals surface area contributed by atoms with E-state index in [-0.39, 0.29) is 63.0 Å². The monoisotopic (exact) mass is 864 g/mol. The van der Waals surface area contributed by atoms with Gasteiger partial charge in [0.2, 0.25) is 5.79 Å². The van der Waals surface area contributed by atoms with Gasteiger partial charge in [0.1, 0.15) is 36.6 Å². The summed E-state index contributed by atoms with van der Waals surface area (Å²) in [5, 5.41) is 24.5. The number of benzene rings is 3. The third-order valence-corrected chi connectivity index (χ3v) is 12.6. The van der Waals surface area contributed by atoms with Crippen molar-refractivity contribution in [3.63, 3.8) is 0 Å². The van der Waals surface area contributed by atoms with Gasteiger partial charge in [-0.2, -0.15) is 0 Å². The number of carbonyl (C=O) groups excluding carboxylic acids is 1. The molecule has 0 saturated heterocycles. The Kier molecular flexibility index (Phi) is 17.2. The molecule has 2 aliphatic carbocycles. The van der Waals surface area contributed by atoms with Gasteiger partial charge in [0.15, 0.2) is 0 Å². The molecule has 1 heterocycles. The molecule has 13 heteroatoms. The predicted molar refractivity (Wildman–Crippen MR) is 233 cm³/mol. The number of fused-ring (bicyclic) bond motifs is 2. The van der Waals surface area contributed by atoms with Gasteiger partial charge >= 0.3 is 6.09 Å². The van der Waals surface area contributed by atoms with Crippen molar-refractivity contribution in [3.05, 3.63) is 114 Å². The highest BCUT2D eigenvalue weighted by Crippen LogP contribution is 2.62. The molecular weight excluding hydrogens is 807 g/mol. The summed E-state index contributed by atoms with van der Waals surface area (Å²) in [6, 6.07) is 21.4. The topological polar surface area (TPSA) is 119 Å². The van der Waals surface area contributed by atoms with Crippen molar-refractivity contribution in [2.24, 2.45) is 22.9 Å². The van der Waals surface area contributed by atoms with Crippen molar-refractivity contribution in [1.82, 2.24) is 4.90 Å². The molecule has 324 valence electrons. The Morgan fingerprint density at radius 2 is 1.82 bits per heavy atom. The van der Waals surface area contributed by atoms with Crippen LogP contribution in [0.5, 0.6) is 11.5 Å². The van der Waals surface area contributed by atoms with Crippen LogP contribution in [-0.4, -0.2) is 90.0 Å². The molecule has 0 radical (unpaired) electrons. The largest absolute Gasteiger partial charge is 0.493 e. The van der Waals surface area contributed by atoms with Gasteiger partial charge < -0.3 is 34.0 Å². The van der Waals surface area contributed by atoms with E-state index in [1.807, 2.05) is 37.3 Å². The zero-order chi connectivity index (χ0) is 42.3. The van der Waals surface area contributed by atoms with Gasteiger partial charge in [0.25, 0.3) is 0 Å². The molecule has 6 rings (SSSR count). The van der Waals surface area contributed by atoms with Gasteiger partial charge in [-0.05, 0) is 98.0 Å². The fraction of sp³-hybridized carbons (Fsp3) is 0.489. The molecule has 0 bridgehead atoms. The number of rotatable bonds is 23. The number of aliphatic hydroxyl groups is 2. The number of alkyl halides is 1. The van der Waals surface area contributed by atoms with Crippen LogP contribution in [-0.2, 0) is 20.9 Å². The first-order valence-electron chi connectivity index (χ1n) is 21.1. The van der Waals surface area contributed by atoms with Gasteiger partial charge in [0, 0.05) is 48.3 Å². The van der Waals surface area contributed by atoms with Gasteiger partial charge in [-0.3, -0.25) is 4.90 Å². The van der Waals surface area contributed by atoms with Crippen molar-refractivity contribution >= 4 is 35.2 Å². The van der Waals surface area contributed by atoms with E-state index in [4.69, 9.17) is 40.5 Å². The normalized spacial score (nSPS) is 23.4. The lowest BCUT2D eigenvalue weighted by Crippen LogP contribution is -2.70. The number of hydrogen-bond donors (Lipinski definition) is 2. The highest BCUT2D eigenvalue weighted by Gasteiger charge is 2.65. The second kappa shape index (κ2) is 22.7. The summed E-state index contributed by atoms with van der Waals surface area (Å²) in [7, 11) is 0. The first kappa shape index (κ1) is 45.5. The van der Waals surface area contributed by atoms with Gasteiger partial charge in [-0.15, -0.1) is 29.9 Å². The number of thioether (sulfide) groups is 1. The van der Waals surface area contributed by atoms with Crippen LogP contribution < -0.4 is 9.47 Å². The van der Waals surface area contributed by atoms with E-state index in [0.29, 0.717) is 48.8 Å². The minimum Gasteiger partial charge on any atom is -0.493 e. The summed E-state index contributed by atoms with van der Waals surface area (Å²) in [5.41, 5.74) is 3.23. The molecule has 3 aliphatic rings. The molecule has 1 saturated carbocycles. The summed E-state index contributed by atoms with van der Waals surface area (Å²) in [6.07, 6.45) is 8.09. The van der Waals surface area contributed by atoms with Crippen molar-refractivity contribution in [2.45, 2.75) is 81.1 Å². The predicted octanol–water partition coefficient (Wildman–Crippen LogP) is 9.53. The lowest BCUT2D eigenvalue weighted by Gasteiger charge is -2.59. The molecule has 0 spiro atoms. The molecule has 3 aromatic rings. The molecule has 6 atom stereocenters. The number of oxime groups is 1. The third kappa shape index (κ3) is 10.9. The second-order valence-corrected chi connectivity index (χ2v) is 16.8. The van der Waals surface area contributed by atoms with Crippen LogP contribution in [0, 0.1) is 23.6 Å². The number of amides is 1. The SMILES string of the molecule is C=CCOC12Oc3ccc(OCCSc4ccccc4)cc3C3C(CCCCO)C(CCCCO)C=C(C(=NOCC)CC1N(Cc1ccc(F)cc1)C(=O)OCCCl)C32. The standard InChI is InChI=1S/C47H58ClFN2O8S/c1-3-25-57-47-43(51(46(54)56-26-22-48)32-33-16-18-35(49)19-17-33)31-41(50-58-4-2)39-29-34(12-8-10-23-52)38(15-9-11-24-53)44(45(39)47)40-30-36(20-21-42(40)59-47)55-27-28-60-37-13-6-5-7-14-37/h3,5-7,13-14,16-21,29-30,34,38,43-45,52-53H,1,4,8-12,15,22-28,31-32H2,2H3. The Balaban J connectivity index is 1.52. The average molecular weight is 866 g/mol. The molecule has 6 unspecified atom stereocenters. The maximum atomic E-state index is 14.4. The number of unbranched alkanes of at least 4 members (excludes halogenated alkanes) is 2. The first-order chi connectivity index (χ1) is 29.4. The van der Waals surface area contributed by atoms with Gasteiger partial charge in [-0.1, -0.05) is 60.5 Å². The molecule has 10 nitrogen and oxygen atoms in total. The van der Waals surface area contributed by atoms with Crippen LogP contribution in [0.3, 0.4) is 0 Å². The van der Waals surface area contributed by atoms with Crippen LogP contribution in [0.4, 0.5) is 9.18 Å². The molecule has 60 heavy (non-hydrogen) atoms. The summed E-state index contributed by atoms with van der Waals surface area (Å²) in [6.45, 7) is 7.02. The molecule has 0 aromatic heterocycles. The second-order valence-electron chi connectivity index (χ2n) is 15.3. The van der Waals surface area contributed by atoms with E-state index in [1.54, 1.807) is 34.9 Å². The number of hydrogen-bond acceptors (Lipinski definition) is 10. The highest BCUT2D eigenvalue weighted by molar-refractivity contribution is 7.99. The van der Waals surface area contributed by atoms with Gasteiger partial charge in [0.05, 0.1) is 30.7 Å². The number of ether oxygens (including phenoxy) is 4. The molecule has 2 N–H and O–H groups in total. The average Bonchev–Trinajstić information content (AvgIpc) is 3.27. The van der Waals surface area contributed by atoms with E-state index in [9.17, 15) is 19.4 Å². The van der Waals surface area contributed by atoms with Crippen molar-refractivity contribution < 1.29 is 43.2 Å². The fourth-order valence-corrected chi connectivity index (χ4v) is 9.84. The zero-order valence-corrected chi connectivity index (χ0v) is 36.0. The first-order valence-corrected chi connectivity index (χ1v) is 22.6. The molecule has 1 fully saturated rings. The van der Waals surface area contributed by atoms with E-state index < -0.39 is 29.7 Å². The van der Waals surface area contributed by atoms with Crippen LogP contribution in [0.15, 0.2) is 107 Å². The van der Waals surface area contributed by atoms with E-state index in [1.165, 1.54) is 17.0 Å². The Labute approximate surface area is 362 Å². The Morgan fingerprint density at radius 1 is 1.05 bits per heavy atom. The Bertz CT molecular complexity index is 1900. The number of aliphatic hydroxyl groups excluding tert-OH is 2. The number of carbonyl (C=O) groups is 1. The lowest BCUT2D eigenvalue weighted by atomic mass is 9.55. The van der Waals surface area contributed by atoms with E-state index in [2.05, 4.69) is 30.9 Å². The van der Waals surface area contributed by atoms with Crippen LogP contribution >= 0.6 is 23.4 Å². The fourth-order valence-electron chi connectivity index (χ4n) is 9.01. The summed E-state index contributed by atoms with van der Waals surface area (Å²) in [4.78, 5) is 23.0. The minimum atomic E-state index is -1.48.